The van der Waals surface area contributed by atoms with Crippen molar-refractivity contribution in [2.45, 2.75) is 25.0 Å². The lowest BCUT2D eigenvalue weighted by Gasteiger charge is -2.15. The molecule has 5 nitrogen and oxygen atoms in total. The van der Waals surface area contributed by atoms with E-state index < -0.39 is 12.2 Å². The normalized spacial score (nSPS) is 24.0. The average molecular weight is 236 g/mol. The number of rotatable bonds is 3. The van der Waals surface area contributed by atoms with Gasteiger partial charge in [-0.1, -0.05) is 0 Å². The van der Waals surface area contributed by atoms with Gasteiger partial charge in [-0.3, -0.25) is 9.78 Å². The van der Waals surface area contributed by atoms with E-state index in [1.54, 1.807) is 12.4 Å². The molecule has 1 aromatic rings. The van der Waals surface area contributed by atoms with Crippen molar-refractivity contribution in [1.82, 2.24) is 9.88 Å². The van der Waals surface area contributed by atoms with Crippen molar-refractivity contribution in [1.29, 1.82) is 0 Å². The summed E-state index contributed by atoms with van der Waals surface area (Å²) in [6, 6.07) is 3.75. The smallest absolute Gasteiger partial charge is 0.223 e. The maximum Gasteiger partial charge on any atom is 0.223 e. The Morgan fingerprint density at radius 3 is 2.47 bits per heavy atom. The molecule has 2 N–H and O–H groups in total. The minimum Gasteiger partial charge on any atom is -0.388 e. The van der Waals surface area contributed by atoms with E-state index in [-0.39, 0.29) is 19.0 Å². The number of β-amino-alcohol motifs (C(OH)–C–C–N with tert-alkyl or cyclic N) is 2. The molecule has 0 saturated carbocycles. The third kappa shape index (κ3) is 3.01. The summed E-state index contributed by atoms with van der Waals surface area (Å²) in [6.45, 7) is 0.465. The van der Waals surface area contributed by atoms with Crippen LogP contribution in [0.4, 0.5) is 0 Å². The van der Waals surface area contributed by atoms with Gasteiger partial charge in [0, 0.05) is 31.9 Å². The third-order valence-corrected chi connectivity index (χ3v) is 2.99. The second-order valence-corrected chi connectivity index (χ2v) is 4.29. The van der Waals surface area contributed by atoms with Crippen LogP contribution in [-0.4, -0.2) is 51.3 Å². The highest BCUT2D eigenvalue weighted by Gasteiger charge is 2.31. The van der Waals surface area contributed by atoms with Crippen LogP contribution in [0.5, 0.6) is 0 Å². The van der Waals surface area contributed by atoms with Crippen molar-refractivity contribution in [3.8, 4) is 0 Å². The SMILES string of the molecule is O=C(CCc1ccncc1)N1C[C@@H](O)[C@@H](O)C1. The van der Waals surface area contributed by atoms with Crippen molar-refractivity contribution in [2.75, 3.05) is 13.1 Å². The molecule has 2 atom stereocenters. The zero-order valence-electron chi connectivity index (χ0n) is 9.49. The van der Waals surface area contributed by atoms with E-state index in [9.17, 15) is 15.0 Å². The van der Waals surface area contributed by atoms with Gasteiger partial charge >= 0.3 is 0 Å². The maximum absolute atomic E-state index is 11.8. The van der Waals surface area contributed by atoms with Gasteiger partial charge in [-0.25, -0.2) is 0 Å². The first kappa shape index (κ1) is 12.0. The summed E-state index contributed by atoms with van der Waals surface area (Å²) >= 11 is 0. The number of carbonyl (C=O) groups excluding carboxylic acids is 1. The zero-order valence-corrected chi connectivity index (χ0v) is 9.49. The standard InChI is InChI=1S/C12H16N2O3/c15-10-7-14(8-11(10)16)12(17)2-1-9-3-5-13-6-4-9/h3-6,10-11,15-16H,1-2,7-8H2/t10-,11+. The van der Waals surface area contributed by atoms with Crippen molar-refractivity contribution in [2.24, 2.45) is 0 Å². The lowest BCUT2D eigenvalue weighted by Crippen LogP contribution is -2.29. The minimum absolute atomic E-state index is 0.0302. The Bertz CT molecular complexity index is 373. The van der Waals surface area contributed by atoms with Gasteiger partial charge in [-0.15, -0.1) is 0 Å². The minimum atomic E-state index is -0.806. The van der Waals surface area contributed by atoms with Crippen LogP contribution < -0.4 is 0 Å². The Morgan fingerprint density at radius 2 is 1.88 bits per heavy atom. The Hall–Kier alpha value is -1.46. The molecule has 1 fully saturated rings. The number of likely N-dealkylation sites (tertiary alicyclic amines) is 1. The van der Waals surface area contributed by atoms with E-state index in [1.165, 1.54) is 4.90 Å². The first-order valence-corrected chi connectivity index (χ1v) is 5.69. The van der Waals surface area contributed by atoms with Crippen molar-refractivity contribution in [3.05, 3.63) is 30.1 Å². The number of aliphatic hydroxyl groups is 2. The van der Waals surface area contributed by atoms with Crippen LogP contribution in [0.3, 0.4) is 0 Å². The molecule has 0 bridgehead atoms. The summed E-state index contributed by atoms with van der Waals surface area (Å²) in [4.78, 5) is 17.2. The molecular formula is C12H16N2O3. The van der Waals surface area contributed by atoms with Crippen molar-refractivity contribution >= 4 is 5.91 Å². The lowest BCUT2D eigenvalue weighted by molar-refractivity contribution is -0.130. The first-order valence-electron chi connectivity index (χ1n) is 5.69. The maximum atomic E-state index is 11.8. The van der Waals surface area contributed by atoms with E-state index in [0.717, 1.165) is 5.56 Å². The van der Waals surface area contributed by atoms with Crippen molar-refractivity contribution < 1.29 is 15.0 Å². The number of carbonyl (C=O) groups is 1. The Morgan fingerprint density at radius 1 is 1.29 bits per heavy atom. The van der Waals surface area contributed by atoms with Crippen LogP contribution in [-0.2, 0) is 11.2 Å². The summed E-state index contributed by atoms with van der Waals surface area (Å²) in [6.07, 6.45) is 2.83. The van der Waals surface area contributed by atoms with Crippen LogP contribution in [0.15, 0.2) is 24.5 Å². The van der Waals surface area contributed by atoms with Gasteiger partial charge in [0.2, 0.25) is 5.91 Å². The summed E-state index contributed by atoms with van der Waals surface area (Å²) < 4.78 is 0. The summed E-state index contributed by atoms with van der Waals surface area (Å²) in [7, 11) is 0. The fraction of sp³-hybridized carbons (Fsp3) is 0.500. The van der Waals surface area contributed by atoms with E-state index >= 15 is 0 Å². The van der Waals surface area contributed by atoms with E-state index in [0.29, 0.717) is 12.8 Å². The molecule has 1 aliphatic heterocycles. The molecule has 5 heteroatoms. The predicted molar refractivity (Wildman–Crippen MR) is 61.2 cm³/mol. The summed E-state index contributed by atoms with van der Waals surface area (Å²) in [5.74, 6) is -0.0302. The molecule has 1 saturated heterocycles. The second kappa shape index (κ2) is 5.25. The van der Waals surface area contributed by atoms with Gasteiger partial charge in [-0.2, -0.15) is 0 Å². The highest BCUT2D eigenvalue weighted by atomic mass is 16.3. The van der Waals surface area contributed by atoms with Gasteiger partial charge in [-0.05, 0) is 24.1 Å². The monoisotopic (exact) mass is 236 g/mol. The molecule has 1 amide bonds. The topological polar surface area (TPSA) is 73.7 Å². The number of pyridine rings is 1. The number of aliphatic hydroxyl groups excluding tert-OH is 2. The Labute approximate surface area is 99.7 Å². The van der Waals surface area contributed by atoms with E-state index in [2.05, 4.69) is 4.98 Å². The highest BCUT2D eigenvalue weighted by molar-refractivity contribution is 5.76. The quantitative estimate of drug-likeness (QED) is 0.747. The number of nitrogens with zero attached hydrogens (tertiary/aromatic N) is 2. The van der Waals surface area contributed by atoms with E-state index in [1.807, 2.05) is 12.1 Å². The van der Waals surface area contributed by atoms with Crippen LogP contribution in [0.25, 0.3) is 0 Å². The molecule has 2 rings (SSSR count). The number of hydrogen-bond donors (Lipinski definition) is 2. The van der Waals surface area contributed by atoms with Crippen LogP contribution in [0, 0.1) is 0 Å². The predicted octanol–water partition coefficient (Wildman–Crippen LogP) is -0.422. The van der Waals surface area contributed by atoms with Crippen LogP contribution in [0.2, 0.25) is 0 Å². The van der Waals surface area contributed by atoms with Crippen molar-refractivity contribution in [3.63, 3.8) is 0 Å². The average Bonchev–Trinajstić information content (AvgIpc) is 2.68. The summed E-state index contributed by atoms with van der Waals surface area (Å²) in [5, 5.41) is 18.7. The molecular weight excluding hydrogens is 220 g/mol. The highest BCUT2D eigenvalue weighted by Crippen LogP contribution is 2.12. The second-order valence-electron chi connectivity index (χ2n) is 4.29. The molecule has 0 aliphatic carbocycles. The summed E-state index contributed by atoms with van der Waals surface area (Å²) in [5.41, 5.74) is 1.06. The number of aromatic nitrogens is 1. The van der Waals surface area contributed by atoms with E-state index in [4.69, 9.17) is 0 Å². The molecule has 1 aliphatic rings. The number of hydrogen-bond acceptors (Lipinski definition) is 4. The van der Waals surface area contributed by atoms with Gasteiger partial charge < -0.3 is 15.1 Å². The molecule has 0 aromatic carbocycles. The first-order chi connectivity index (χ1) is 8.16. The molecule has 2 heterocycles. The molecule has 0 spiro atoms. The molecule has 17 heavy (non-hydrogen) atoms. The Balaban J connectivity index is 1.82. The number of aryl methyl sites for hydroxylation is 1. The largest absolute Gasteiger partial charge is 0.388 e. The van der Waals surface area contributed by atoms with Gasteiger partial charge in [0.1, 0.15) is 0 Å². The van der Waals surface area contributed by atoms with Gasteiger partial charge in [0.25, 0.3) is 0 Å². The Kier molecular flexibility index (Phi) is 3.71. The van der Waals surface area contributed by atoms with Gasteiger partial charge in [0.15, 0.2) is 0 Å². The molecule has 0 radical (unpaired) electrons. The van der Waals surface area contributed by atoms with Crippen LogP contribution >= 0.6 is 0 Å². The molecule has 92 valence electrons. The molecule has 0 unspecified atom stereocenters. The fourth-order valence-electron chi connectivity index (χ4n) is 1.93. The van der Waals surface area contributed by atoms with Gasteiger partial charge in [0.05, 0.1) is 12.2 Å². The van der Waals surface area contributed by atoms with Crippen LogP contribution in [0.1, 0.15) is 12.0 Å². The third-order valence-electron chi connectivity index (χ3n) is 2.99. The zero-order chi connectivity index (χ0) is 12.3. The number of amides is 1. The lowest BCUT2D eigenvalue weighted by atomic mass is 10.1. The molecule has 1 aromatic heterocycles. The fourth-order valence-corrected chi connectivity index (χ4v) is 1.93.